The number of hydrogen-bond acceptors (Lipinski definition) is 5. The van der Waals surface area contributed by atoms with E-state index in [1.54, 1.807) is 13.0 Å². The summed E-state index contributed by atoms with van der Waals surface area (Å²) in [5.41, 5.74) is 0.0255. The summed E-state index contributed by atoms with van der Waals surface area (Å²) in [6, 6.07) is 8.65. The molecule has 1 amide bonds. The van der Waals surface area contributed by atoms with E-state index in [2.05, 4.69) is 20.4 Å². The lowest BCUT2D eigenvalue weighted by molar-refractivity contribution is 0.0878. The number of rotatable bonds is 3. The smallest absolute Gasteiger partial charge is 0.252 e. The summed E-state index contributed by atoms with van der Waals surface area (Å²) in [6.07, 6.45) is 5.68. The molecule has 4 rings (SSSR count). The Hall–Kier alpha value is -2.96. The number of pyridine rings is 1. The molecular weight excluding hydrogens is 344 g/mol. The van der Waals surface area contributed by atoms with Crippen molar-refractivity contribution >= 4 is 16.8 Å². The summed E-state index contributed by atoms with van der Waals surface area (Å²) in [4.78, 5) is 32.4. The molecule has 27 heavy (non-hydrogen) atoms. The van der Waals surface area contributed by atoms with E-state index in [1.165, 1.54) is 6.07 Å². The van der Waals surface area contributed by atoms with Crippen LogP contribution in [0.3, 0.4) is 0 Å². The molecule has 2 aromatic heterocycles. The van der Waals surface area contributed by atoms with Crippen LogP contribution in [0.25, 0.3) is 10.9 Å². The molecule has 7 heteroatoms. The molecule has 0 spiro atoms. The summed E-state index contributed by atoms with van der Waals surface area (Å²) in [6.45, 7) is 1.74. The summed E-state index contributed by atoms with van der Waals surface area (Å²) >= 11 is 0. The number of aryl methyl sites for hydroxylation is 1. The quantitative estimate of drug-likeness (QED) is 0.693. The number of aromatic amines is 1. The van der Waals surface area contributed by atoms with Gasteiger partial charge in [-0.1, -0.05) is 49.0 Å². The van der Waals surface area contributed by atoms with Crippen molar-refractivity contribution in [3.63, 3.8) is 0 Å². The normalized spacial score (nSPS) is 16.8. The minimum Gasteiger partial charge on any atom is -0.340 e. The van der Waals surface area contributed by atoms with Gasteiger partial charge in [0, 0.05) is 23.9 Å². The molecule has 3 aromatic rings. The van der Waals surface area contributed by atoms with E-state index in [4.69, 9.17) is 4.52 Å². The van der Waals surface area contributed by atoms with E-state index in [0.717, 1.165) is 38.5 Å². The number of carbonyl (C=O) groups excluding carboxylic acids is 1. The number of fused-ring (bicyclic) bond motifs is 1. The van der Waals surface area contributed by atoms with Gasteiger partial charge in [-0.3, -0.25) is 9.59 Å². The number of amides is 1. The average molecular weight is 366 g/mol. The third-order valence-electron chi connectivity index (χ3n) is 5.26. The van der Waals surface area contributed by atoms with E-state index < -0.39 is 5.54 Å². The van der Waals surface area contributed by atoms with Gasteiger partial charge in [0.15, 0.2) is 5.82 Å². The van der Waals surface area contributed by atoms with Gasteiger partial charge in [0.2, 0.25) is 11.4 Å². The molecule has 1 aliphatic rings. The van der Waals surface area contributed by atoms with Crippen LogP contribution < -0.4 is 10.9 Å². The van der Waals surface area contributed by atoms with Crippen LogP contribution in [0.1, 0.15) is 60.6 Å². The highest BCUT2D eigenvalue weighted by atomic mass is 16.5. The molecule has 1 aromatic carbocycles. The van der Waals surface area contributed by atoms with Crippen molar-refractivity contribution in [2.24, 2.45) is 0 Å². The Labute approximate surface area is 156 Å². The molecule has 0 radical (unpaired) electrons. The molecule has 1 fully saturated rings. The zero-order chi connectivity index (χ0) is 18.9. The van der Waals surface area contributed by atoms with Crippen molar-refractivity contribution in [2.45, 2.75) is 51.0 Å². The molecular formula is C20H22N4O3. The second kappa shape index (κ2) is 6.98. The molecule has 1 saturated carbocycles. The van der Waals surface area contributed by atoms with E-state index in [-0.39, 0.29) is 11.5 Å². The lowest BCUT2D eigenvalue weighted by Gasteiger charge is -2.31. The topological polar surface area (TPSA) is 101 Å². The number of nitrogens with zero attached hydrogens (tertiary/aromatic N) is 2. The van der Waals surface area contributed by atoms with E-state index in [9.17, 15) is 9.59 Å². The zero-order valence-corrected chi connectivity index (χ0v) is 15.2. The van der Waals surface area contributed by atoms with Crippen molar-refractivity contribution in [2.75, 3.05) is 0 Å². The Morgan fingerprint density at radius 3 is 2.63 bits per heavy atom. The van der Waals surface area contributed by atoms with Crippen LogP contribution in [0.2, 0.25) is 0 Å². The highest BCUT2D eigenvalue weighted by Crippen LogP contribution is 2.35. The number of H-pyrrole nitrogens is 1. The van der Waals surface area contributed by atoms with Gasteiger partial charge in [-0.15, -0.1) is 0 Å². The lowest BCUT2D eigenvalue weighted by Crippen LogP contribution is -2.46. The molecule has 2 N–H and O–H groups in total. The maximum atomic E-state index is 13.2. The van der Waals surface area contributed by atoms with E-state index in [0.29, 0.717) is 28.2 Å². The van der Waals surface area contributed by atoms with Crippen molar-refractivity contribution in [3.05, 3.63) is 58.0 Å². The lowest BCUT2D eigenvalue weighted by atomic mass is 9.88. The van der Waals surface area contributed by atoms with Crippen LogP contribution in [0, 0.1) is 6.92 Å². The van der Waals surface area contributed by atoms with Gasteiger partial charge in [0.25, 0.3) is 5.91 Å². The van der Waals surface area contributed by atoms with Crippen LogP contribution in [0.5, 0.6) is 0 Å². The van der Waals surface area contributed by atoms with Crippen molar-refractivity contribution < 1.29 is 9.32 Å². The summed E-state index contributed by atoms with van der Waals surface area (Å²) in [5.74, 6) is 0.704. The molecule has 0 bridgehead atoms. The first kappa shape index (κ1) is 17.5. The summed E-state index contributed by atoms with van der Waals surface area (Å²) < 4.78 is 5.19. The Morgan fingerprint density at radius 2 is 1.93 bits per heavy atom. The van der Waals surface area contributed by atoms with Crippen LogP contribution in [-0.4, -0.2) is 21.0 Å². The average Bonchev–Trinajstić information content (AvgIpc) is 2.96. The largest absolute Gasteiger partial charge is 0.340 e. The predicted octanol–water partition coefficient (Wildman–Crippen LogP) is 3.20. The zero-order valence-electron chi connectivity index (χ0n) is 15.2. The maximum absolute atomic E-state index is 13.2. The predicted molar refractivity (Wildman–Crippen MR) is 100 cm³/mol. The Morgan fingerprint density at radius 1 is 1.19 bits per heavy atom. The van der Waals surface area contributed by atoms with Crippen LogP contribution >= 0.6 is 0 Å². The minimum atomic E-state index is -0.672. The van der Waals surface area contributed by atoms with Gasteiger partial charge < -0.3 is 14.8 Å². The fourth-order valence-corrected chi connectivity index (χ4v) is 3.91. The molecule has 140 valence electrons. The fraction of sp³-hybridized carbons (Fsp3) is 0.400. The van der Waals surface area contributed by atoms with E-state index >= 15 is 0 Å². The number of benzene rings is 1. The minimum absolute atomic E-state index is 0.290. The van der Waals surface area contributed by atoms with Gasteiger partial charge >= 0.3 is 0 Å². The molecule has 1 aliphatic carbocycles. The monoisotopic (exact) mass is 366 g/mol. The molecule has 0 atom stereocenters. The first-order valence-corrected chi connectivity index (χ1v) is 9.33. The third kappa shape index (κ3) is 3.37. The van der Waals surface area contributed by atoms with Gasteiger partial charge in [0.05, 0.1) is 5.56 Å². The first-order valence-electron chi connectivity index (χ1n) is 9.33. The van der Waals surface area contributed by atoms with Gasteiger partial charge in [-0.25, -0.2) is 0 Å². The summed E-state index contributed by atoms with van der Waals surface area (Å²) in [7, 11) is 0. The second-order valence-corrected chi connectivity index (χ2v) is 7.18. The molecule has 0 aliphatic heterocycles. The standard InChI is InChI=1S/C20H22N4O3/c1-13-21-19(24-27-13)20(10-6-2-3-7-11-20)23-18(26)15-12-17(25)22-16-9-5-4-8-14(15)16/h4-5,8-9,12H,2-3,6-7,10-11H2,1H3,(H,22,25)(H,23,26). The highest BCUT2D eigenvalue weighted by molar-refractivity contribution is 6.06. The maximum Gasteiger partial charge on any atom is 0.252 e. The summed E-state index contributed by atoms with van der Waals surface area (Å²) in [5, 5.41) is 7.98. The third-order valence-corrected chi connectivity index (χ3v) is 5.26. The van der Waals surface area contributed by atoms with Crippen molar-refractivity contribution in [1.82, 2.24) is 20.4 Å². The van der Waals surface area contributed by atoms with Crippen molar-refractivity contribution in [3.8, 4) is 0 Å². The fourth-order valence-electron chi connectivity index (χ4n) is 3.91. The molecule has 0 unspecified atom stereocenters. The van der Waals surface area contributed by atoms with Crippen LogP contribution in [0.15, 0.2) is 39.6 Å². The molecule has 0 saturated heterocycles. The van der Waals surface area contributed by atoms with Gasteiger partial charge in [-0.2, -0.15) is 4.98 Å². The van der Waals surface area contributed by atoms with E-state index in [1.807, 2.05) is 18.2 Å². The number of para-hydroxylation sites is 1. The Kier molecular flexibility index (Phi) is 4.51. The SMILES string of the molecule is Cc1nc(C2(NC(=O)c3cc(=O)[nH]c4ccccc34)CCCCCC2)no1. The first-order chi connectivity index (χ1) is 13.1. The Bertz CT molecular complexity index is 1030. The Balaban J connectivity index is 1.76. The highest BCUT2D eigenvalue weighted by Gasteiger charge is 2.39. The van der Waals surface area contributed by atoms with Crippen molar-refractivity contribution in [1.29, 1.82) is 0 Å². The number of nitrogens with one attached hydrogen (secondary N) is 2. The van der Waals surface area contributed by atoms with Crippen LogP contribution in [0.4, 0.5) is 0 Å². The number of carbonyl (C=O) groups is 1. The second-order valence-electron chi connectivity index (χ2n) is 7.18. The van der Waals surface area contributed by atoms with Gasteiger partial charge in [0.1, 0.15) is 5.54 Å². The number of aromatic nitrogens is 3. The van der Waals surface area contributed by atoms with Crippen LogP contribution in [-0.2, 0) is 5.54 Å². The number of hydrogen-bond donors (Lipinski definition) is 2. The van der Waals surface area contributed by atoms with Gasteiger partial charge in [-0.05, 0) is 18.9 Å². The molecule has 2 heterocycles. The molecule has 7 nitrogen and oxygen atoms in total.